The van der Waals surface area contributed by atoms with Gasteiger partial charge in [0.15, 0.2) is 5.60 Å². The van der Waals surface area contributed by atoms with Crippen LogP contribution in [0.1, 0.15) is 11.1 Å². The summed E-state index contributed by atoms with van der Waals surface area (Å²) in [6.07, 6.45) is 1.93. The molecule has 3 rings (SSSR count). The van der Waals surface area contributed by atoms with E-state index in [2.05, 4.69) is 4.99 Å². The molecule has 1 aliphatic rings. The van der Waals surface area contributed by atoms with Crippen LogP contribution >= 0.6 is 35.0 Å². The summed E-state index contributed by atoms with van der Waals surface area (Å²) in [5.41, 5.74) is 6.32. The van der Waals surface area contributed by atoms with E-state index in [1.807, 2.05) is 12.3 Å². The summed E-state index contributed by atoms with van der Waals surface area (Å²) < 4.78 is 0. The van der Waals surface area contributed by atoms with E-state index in [0.717, 1.165) is 4.90 Å². The molecule has 0 bridgehead atoms. The van der Waals surface area contributed by atoms with Crippen LogP contribution < -0.4 is 5.73 Å². The number of aliphatic imine (C=N–C) groups is 1. The van der Waals surface area contributed by atoms with E-state index in [0.29, 0.717) is 26.9 Å². The molecule has 2 aromatic carbocycles. The molecule has 0 aromatic heterocycles. The van der Waals surface area contributed by atoms with Crippen LogP contribution in [0.3, 0.4) is 0 Å². The maximum Gasteiger partial charge on any atom is 0.175 e. The number of rotatable bonds is 2. The summed E-state index contributed by atoms with van der Waals surface area (Å²) in [6.45, 7) is 0. The highest BCUT2D eigenvalue weighted by molar-refractivity contribution is 7.98. The Labute approximate surface area is 136 Å². The minimum absolute atomic E-state index is 0.123. The summed E-state index contributed by atoms with van der Waals surface area (Å²) in [4.78, 5) is 5.14. The highest BCUT2D eigenvalue weighted by Crippen LogP contribution is 2.45. The second kappa shape index (κ2) is 5.21. The first-order valence-corrected chi connectivity index (χ1v) is 8.16. The zero-order valence-corrected chi connectivity index (χ0v) is 13.4. The van der Waals surface area contributed by atoms with Gasteiger partial charge in [-0.2, -0.15) is 0 Å². The van der Waals surface area contributed by atoms with E-state index in [1.54, 1.807) is 30.3 Å². The topological polar surface area (TPSA) is 58.6 Å². The monoisotopic (exact) mass is 338 g/mol. The zero-order chi connectivity index (χ0) is 15.2. The Hall–Kier alpha value is -1.20. The third-order valence-corrected chi connectivity index (χ3v) is 4.78. The molecule has 1 unspecified atom stereocenters. The lowest BCUT2D eigenvalue weighted by molar-refractivity contribution is 0.155. The summed E-state index contributed by atoms with van der Waals surface area (Å²) in [5.74, 6) is 0.123. The lowest BCUT2D eigenvalue weighted by Crippen LogP contribution is -2.40. The van der Waals surface area contributed by atoms with E-state index >= 15 is 0 Å². The molecule has 0 spiro atoms. The van der Waals surface area contributed by atoms with Crippen LogP contribution in [0.25, 0.3) is 0 Å². The van der Waals surface area contributed by atoms with Gasteiger partial charge in [-0.05, 0) is 42.7 Å². The Morgan fingerprint density at radius 2 is 1.71 bits per heavy atom. The van der Waals surface area contributed by atoms with Crippen molar-refractivity contribution >= 4 is 46.5 Å². The van der Waals surface area contributed by atoms with Gasteiger partial charge in [0.2, 0.25) is 0 Å². The predicted molar refractivity (Wildman–Crippen MR) is 89.0 cm³/mol. The van der Waals surface area contributed by atoms with E-state index in [4.69, 9.17) is 28.9 Å². The van der Waals surface area contributed by atoms with Crippen LogP contribution in [0.5, 0.6) is 0 Å². The molecule has 0 saturated carbocycles. The van der Waals surface area contributed by atoms with Gasteiger partial charge in [0, 0.05) is 26.1 Å². The van der Waals surface area contributed by atoms with E-state index in [-0.39, 0.29) is 5.84 Å². The zero-order valence-electron chi connectivity index (χ0n) is 11.1. The van der Waals surface area contributed by atoms with Crippen molar-refractivity contribution in [3.8, 4) is 0 Å². The van der Waals surface area contributed by atoms with Crippen molar-refractivity contribution in [2.75, 3.05) is 6.26 Å². The molecule has 6 heteroatoms. The Morgan fingerprint density at radius 3 is 2.38 bits per heavy atom. The molecule has 0 radical (unpaired) electrons. The Kier molecular flexibility index (Phi) is 3.66. The van der Waals surface area contributed by atoms with Crippen LogP contribution in [0.15, 0.2) is 46.3 Å². The largest absolute Gasteiger partial charge is 0.384 e. The molecule has 3 N–H and O–H groups in total. The number of thioether (sulfide) groups is 1. The van der Waals surface area contributed by atoms with Gasteiger partial charge in [-0.3, -0.25) is 0 Å². The van der Waals surface area contributed by atoms with Crippen molar-refractivity contribution in [1.82, 2.24) is 0 Å². The first-order valence-electron chi connectivity index (χ1n) is 6.18. The normalized spacial score (nSPS) is 20.3. The van der Waals surface area contributed by atoms with Crippen LogP contribution in [-0.4, -0.2) is 17.2 Å². The second-order valence-corrected chi connectivity index (χ2v) is 6.43. The van der Waals surface area contributed by atoms with Crippen LogP contribution in [-0.2, 0) is 5.60 Å². The Morgan fingerprint density at radius 1 is 1.10 bits per heavy atom. The average molecular weight is 339 g/mol. The fourth-order valence-corrected chi connectivity index (χ4v) is 3.47. The number of benzene rings is 2. The minimum Gasteiger partial charge on any atom is -0.384 e. The van der Waals surface area contributed by atoms with Gasteiger partial charge in [-0.15, -0.1) is 11.8 Å². The standard InChI is InChI=1S/C15H12Cl2N2OS/c1-21-13-5-3-9(17)7-11(13)15(20)10-6-8(16)2-4-12(10)19-14(15)18/h2-7,20H,1H3,(H2,18,19). The van der Waals surface area contributed by atoms with Crippen LogP contribution in [0.2, 0.25) is 10.0 Å². The summed E-state index contributed by atoms with van der Waals surface area (Å²) >= 11 is 13.7. The predicted octanol–water partition coefficient (Wildman–Crippen LogP) is 3.95. The first-order chi connectivity index (χ1) is 9.96. The molecule has 0 fully saturated rings. The van der Waals surface area contributed by atoms with Gasteiger partial charge in [-0.1, -0.05) is 23.2 Å². The molecule has 3 nitrogen and oxygen atoms in total. The SMILES string of the molecule is CSc1ccc(Cl)cc1C1(O)C(N)=Nc2ccc(Cl)cc21. The van der Waals surface area contributed by atoms with Gasteiger partial charge in [0.05, 0.1) is 5.69 Å². The smallest absolute Gasteiger partial charge is 0.175 e. The quantitative estimate of drug-likeness (QED) is 0.815. The van der Waals surface area contributed by atoms with Gasteiger partial charge < -0.3 is 10.8 Å². The molecular weight excluding hydrogens is 327 g/mol. The lowest BCUT2D eigenvalue weighted by Gasteiger charge is -2.27. The molecule has 108 valence electrons. The summed E-state index contributed by atoms with van der Waals surface area (Å²) in [7, 11) is 0. The highest BCUT2D eigenvalue weighted by atomic mass is 35.5. The molecule has 1 atom stereocenters. The maximum absolute atomic E-state index is 11.3. The van der Waals surface area contributed by atoms with Gasteiger partial charge >= 0.3 is 0 Å². The lowest BCUT2D eigenvalue weighted by atomic mass is 9.86. The van der Waals surface area contributed by atoms with E-state index < -0.39 is 5.60 Å². The fourth-order valence-electron chi connectivity index (χ4n) is 2.49. The fraction of sp³-hybridized carbons (Fsp3) is 0.133. The van der Waals surface area contributed by atoms with E-state index in [9.17, 15) is 5.11 Å². The third-order valence-electron chi connectivity index (χ3n) is 3.51. The number of hydrogen-bond acceptors (Lipinski definition) is 4. The molecule has 0 amide bonds. The molecule has 1 heterocycles. The summed E-state index contributed by atoms with van der Waals surface area (Å²) in [6, 6.07) is 10.5. The average Bonchev–Trinajstić information content (AvgIpc) is 2.72. The van der Waals surface area contributed by atoms with Crippen molar-refractivity contribution in [3.05, 3.63) is 57.6 Å². The molecule has 1 aliphatic heterocycles. The molecular formula is C15H12Cl2N2OS. The number of nitrogens with zero attached hydrogens (tertiary/aromatic N) is 1. The number of halogens is 2. The Bertz CT molecular complexity index is 763. The summed E-state index contributed by atoms with van der Waals surface area (Å²) in [5, 5.41) is 12.3. The van der Waals surface area contributed by atoms with Crippen molar-refractivity contribution < 1.29 is 5.11 Å². The second-order valence-electron chi connectivity index (χ2n) is 4.71. The molecule has 0 aliphatic carbocycles. The van der Waals surface area contributed by atoms with Crippen molar-refractivity contribution in [2.24, 2.45) is 10.7 Å². The van der Waals surface area contributed by atoms with Crippen molar-refractivity contribution in [2.45, 2.75) is 10.5 Å². The van der Waals surface area contributed by atoms with Crippen molar-refractivity contribution in [3.63, 3.8) is 0 Å². The number of nitrogens with two attached hydrogens (primary N) is 1. The third kappa shape index (κ3) is 2.23. The molecule has 21 heavy (non-hydrogen) atoms. The molecule has 2 aromatic rings. The number of fused-ring (bicyclic) bond motifs is 1. The van der Waals surface area contributed by atoms with E-state index in [1.165, 1.54) is 11.8 Å². The first kappa shape index (κ1) is 14.7. The van der Waals surface area contributed by atoms with Gasteiger partial charge in [0.25, 0.3) is 0 Å². The minimum atomic E-state index is -1.51. The number of amidine groups is 1. The number of aliphatic hydroxyl groups is 1. The number of hydrogen-bond donors (Lipinski definition) is 2. The maximum atomic E-state index is 11.3. The van der Waals surface area contributed by atoms with Gasteiger partial charge in [-0.25, -0.2) is 4.99 Å². The van der Waals surface area contributed by atoms with Gasteiger partial charge in [0.1, 0.15) is 5.84 Å². The van der Waals surface area contributed by atoms with Crippen molar-refractivity contribution in [1.29, 1.82) is 0 Å². The Balaban J connectivity index is 2.30. The highest BCUT2D eigenvalue weighted by Gasteiger charge is 2.44. The van der Waals surface area contributed by atoms with Crippen LogP contribution in [0, 0.1) is 0 Å². The molecule has 0 saturated heterocycles. The van der Waals surface area contributed by atoms with Crippen LogP contribution in [0.4, 0.5) is 5.69 Å².